The van der Waals surface area contributed by atoms with Gasteiger partial charge >= 0.3 is 0 Å². The lowest BCUT2D eigenvalue weighted by atomic mass is 9.99. The van der Waals surface area contributed by atoms with Crippen LogP contribution in [-0.4, -0.2) is 24.1 Å². The van der Waals surface area contributed by atoms with E-state index < -0.39 is 0 Å². The van der Waals surface area contributed by atoms with Gasteiger partial charge in [-0.05, 0) is 65.7 Å². The Hall–Kier alpha value is -8.65. The molecule has 0 bridgehead atoms. The zero-order valence-corrected chi connectivity index (χ0v) is 32.0. The second kappa shape index (κ2) is 14.1. The molecule has 11 rings (SSSR count). The summed E-state index contributed by atoms with van der Waals surface area (Å²) in [4.78, 5) is 19.8. The number of benzene rings is 8. The number of hydrogen-bond donors (Lipinski definition) is 0. The number of nitrogens with zero attached hydrogens (tertiary/aromatic N) is 7. The molecular formula is C53H31N7. The Morgan fingerprint density at radius 3 is 1.50 bits per heavy atom. The minimum absolute atomic E-state index is 0.459. The van der Waals surface area contributed by atoms with E-state index in [2.05, 4.69) is 123 Å². The minimum atomic E-state index is 0.459. The van der Waals surface area contributed by atoms with Gasteiger partial charge in [0, 0.05) is 38.2 Å². The fourth-order valence-electron chi connectivity index (χ4n) is 8.57. The highest BCUT2D eigenvalue weighted by Gasteiger charge is 2.23. The average Bonchev–Trinajstić information content (AvgIpc) is 3.84. The largest absolute Gasteiger partial charge is 0.309 e. The molecule has 0 aliphatic carbocycles. The Morgan fingerprint density at radius 2 is 0.917 bits per heavy atom. The third-order valence-electron chi connectivity index (χ3n) is 11.3. The van der Waals surface area contributed by atoms with Crippen molar-refractivity contribution in [2.45, 2.75) is 0 Å². The predicted octanol–water partition coefficient (Wildman–Crippen LogP) is 13.2. The molecule has 0 amide bonds. The number of rotatable bonds is 6. The van der Waals surface area contributed by atoms with E-state index in [0.717, 1.165) is 82.8 Å². The third-order valence-corrected chi connectivity index (χ3v) is 11.3. The molecule has 0 saturated heterocycles. The van der Waals surface area contributed by atoms with Crippen LogP contribution in [0.2, 0.25) is 0 Å². The van der Waals surface area contributed by atoms with Gasteiger partial charge in [-0.25, -0.2) is 19.8 Å². The highest BCUT2D eigenvalue weighted by molar-refractivity contribution is 6.11. The fraction of sp³-hybridized carbons (Fsp3) is 0. The van der Waals surface area contributed by atoms with E-state index in [1.54, 1.807) is 0 Å². The summed E-state index contributed by atoms with van der Waals surface area (Å²) in [6.45, 7) is 8.01. The summed E-state index contributed by atoms with van der Waals surface area (Å²) in [6.07, 6.45) is 0. The molecule has 7 heteroatoms. The first kappa shape index (κ1) is 34.6. The normalized spacial score (nSPS) is 11.3. The van der Waals surface area contributed by atoms with Gasteiger partial charge in [-0.15, -0.1) is 0 Å². The van der Waals surface area contributed by atoms with Crippen molar-refractivity contribution >= 4 is 49.3 Å². The molecule has 0 atom stereocenters. The van der Waals surface area contributed by atoms with Gasteiger partial charge in [0.2, 0.25) is 0 Å². The smallest absolute Gasteiger partial charge is 0.194 e. The summed E-state index contributed by atoms with van der Waals surface area (Å²) < 4.78 is 4.49. The quantitative estimate of drug-likeness (QED) is 0.158. The van der Waals surface area contributed by atoms with Crippen LogP contribution in [0.3, 0.4) is 0 Å². The summed E-state index contributed by atoms with van der Waals surface area (Å²) in [7, 11) is 0. The Labute approximate surface area is 345 Å². The van der Waals surface area contributed by atoms with Crippen LogP contribution >= 0.6 is 0 Å². The molecule has 0 radical (unpaired) electrons. The second-order valence-electron chi connectivity index (χ2n) is 14.6. The van der Waals surface area contributed by atoms with Crippen molar-refractivity contribution in [1.29, 1.82) is 5.26 Å². The lowest BCUT2D eigenvalue weighted by Gasteiger charge is -2.18. The van der Waals surface area contributed by atoms with Gasteiger partial charge in [-0.2, -0.15) is 5.26 Å². The Kier molecular flexibility index (Phi) is 8.11. The van der Waals surface area contributed by atoms with E-state index >= 15 is 0 Å². The van der Waals surface area contributed by atoms with Gasteiger partial charge in [-0.3, -0.25) is 0 Å². The van der Waals surface area contributed by atoms with E-state index in [1.165, 1.54) is 0 Å². The molecule has 11 aromatic rings. The van der Waals surface area contributed by atoms with Crippen molar-refractivity contribution in [3.8, 4) is 62.7 Å². The predicted molar refractivity (Wildman–Crippen MR) is 241 cm³/mol. The third kappa shape index (κ3) is 5.54. The molecule has 0 spiro atoms. The number of para-hydroxylation sites is 5. The van der Waals surface area contributed by atoms with Gasteiger partial charge in [0.15, 0.2) is 23.2 Å². The van der Waals surface area contributed by atoms with Crippen LogP contribution in [-0.2, 0) is 0 Å². The molecule has 0 saturated carbocycles. The van der Waals surface area contributed by atoms with E-state index in [0.29, 0.717) is 28.7 Å². The summed E-state index contributed by atoms with van der Waals surface area (Å²) in [5.74, 6) is 1.43. The van der Waals surface area contributed by atoms with Crippen LogP contribution in [0.25, 0.3) is 105 Å². The molecule has 7 nitrogen and oxygen atoms in total. The molecule has 0 N–H and O–H groups in total. The molecule has 60 heavy (non-hydrogen) atoms. The van der Waals surface area contributed by atoms with Crippen LogP contribution < -0.4 is 0 Å². The highest BCUT2D eigenvalue weighted by atomic mass is 15.1. The van der Waals surface area contributed by atoms with Crippen LogP contribution in [0, 0.1) is 17.9 Å². The van der Waals surface area contributed by atoms with Crippen molar-refractivity contribution in [3.05, 3.63) is 205 Å². The van der Waals surface area contributed by atoms with Crippen LogP contribution in [0.1, 0.15) is 5.56 Å². The molecule has 278 valence electrons. The molecular weight excluding hydrogens is 735 g/mol. The monoisotopic (exact) mass is 765 g/mol. The molecule has 8 aromatic carbocycles. The lowest BCUT2D eigenvalue weighted by molar-refractivity contribution is 1.06. The molecule has 0 aliphatic heterocycles. The zero-order chi connectivity index (χ0) is 40.2. The summed E-state index contributed by atoms with van der Waals surface area (Å²) in [5, 5.41) is 14.7. The van der Waals surface area contributed by atoms with Gasteiger partial charge in [0.25, 0.3) is 0 Å². The van der Waals surface area contributed by atoms with Crippen molar-refractivity contribution in [2.75, 3.05) is 0 Å². The summed E-state index contributed by atoms with van der Waals surface area (Å²) in [5.41, 5.74) is 10.9. The van der Waals surface area contributed by atoms with Crippen LogP contribution in [0.15, 0.2) is 188 Å². The van der Waals surface area contributed by atoms with Gasteiger partial charge in [0.1, 0.15) is 0 Å². The van der Waals surface area contributed by atoms with E-state index in [9.17, 15) is 5.26 Å². The molecule has 0 unspecified atom stereocenters. The first-order valence-electron chi connectivity index (χ1n) is 19.6. The SMILES string of the molecule is [C-]#[N+]c1ccccc1-c1ccc(-n2c3ccccc3c3ccccc32)c(-c2nc(-c3ccccc3)nc(-c3ccc(C#N)cc3-n3c4ccccc4c4ccccc43)n2)c1. The van der Waals surface area contributed by atoms with E-state index in [4.69, 9.17) is 21.5 Å². The molecule has 3 heterocycles. The van der Waals surface area contributed by atoms with E-state index in [-0.39, 0.29) is 0 Å². The Morgan fingerprint density at radius 1 is 0.417 bits per heavy atom. The number of hydrogen-bond acceptors (Lipinski definition) is 4. The van der Waals surface area contributed by atoms with Crippen molar-refractivity contribution in [1.82, 2.24) is 24.1 Å². The summed E-state index contributed by atoms with van der Waals surface area (Å²) in [6, 6.07) is 65.5. The Bertz CT molecular complexity index is 3480. The average molecular weight is 766 g/mol. The van der Waals surface area contributed by atoms with Gasteiger partial charge in [0.05, 0.1) is 51.6 Å². The first-order valence-corrected chi connectivity index (χ1v) is 19.6. The second-order valence-corrected chi connectivity index (χ2v) is 14.6. The standard InChI is InChI=1S/C53H31N7/c1-55-44-22-10-5-17-37(44)36-28-30-49(59-45-23-11-6-18-38(45)39-19-7-12-24-46(39)59)43(32-36)53-57-51(35-15-3-2-4-16-35)56-52(58-53)42-29-27-34(33-54)31-50(42)60-47-25-13-8-20-40(47)41-21-9-14-26-48(41)60/h2-32H. The first-order chi connectivity index (χ1) is 29.7. The van der Waals surface area contributed by atoms with Crippen LogP contribution in [0.4, 0.5) is 5.69 Å². The van der Waals surface area contributed by atoms with Crippen molar-refractivity contribution in [3.63, 3.8) is 0 Å². The highest BCUT2D eigenvalue weighted by Crippen LogP contribution is 2.41. The lowest BCUT2D eigenvalue weighted by Crippen LogP contribution is -2.06. The fourth-order valence-corrected chi connectivity index (χ4v) is 8.57. The minimum Gasteiger partial charge on any atom is -0.309 e. The maximum absolute atomic E-state index is 10.2. The summed E-state index contributed by atoms with van der Waals surface area (Å²) >= 11 is 0. The topological polar surface area (TPSA) is 76.7 Å². The zero-order valence-electron chi connectivity index (χ0n) is 32.0. The maximum Gasteiger partial charge on any atom is 0.194 e. The number of nitriles is 1. The van der Waals surface area contributed by atoms with Crippen molar-refractivity contribution < 1.29 is 0 Å². The van der Waals surface area contributed by atoms with Crippen molar-refractivity contribution in [2.24, 2.45) is 0 Å². The maximum atomic E-state index is 10.2. The van der Waals surface area contributed by atoms with Crippen LogP contribution in [0.5, 0.6) is 0 Å². The Balaban J connectivity index is 1.24. The number of aromatic nitrogens is 5. The molecule has 3 aromatic heterocycles. The molecule has 0 fully saturated rings. The number of fused-ring (bicyclic) bond motifs is 6. The molecule has 0 aliphatic rings. The van der Waals surface area contributed by atoms with E-state index in [1.807, 2.05) is 84.9 Å². The van der Waals surface area contributed by atoms with Gasteiger partial charge < -0.3 is 9.13 Å². The van der Waals surface area contributed by atoms with Gasteiger partial charge in [-0.1, -0.05) is 133 Å².